The third-order valence-corrected chi connectivity index (χ3v) is 7.09. The first kappa shape index (κ1) is 30.7. The lowest BCUT2D eigenvalue weighted by molar-refractivity contribution is 0.106. The first-order valence-corrected chi connectivity index (χ1v) is 14.3. The molecule has 11 nitrogen and oxygen atoms in total. The van der Waals surface area contributed by atoms with Crippen molar-refractivity contribution in [3.8, 4) is 11.5 Å². The van der Waals surface area contributed by atoms with Crippen molar-refractivity contribution in [3.05, 3.63) is 78.4 Å². The van der Waals surface area contributed by atoms with Crippen molar-refractivity contribution in [1.29, 1.82) is 0 Å². The lowest BCUT2D eigenvalue weighted by Gasteiger charge is -2.13. The molecule has 3 aromatic carbocycles. The number of methoxy groups -OCH3 is 1. The van der Waals surface area contributed by atoms with E-state index in [9.17, 15) is 23.4 Å². The highest BCUT2D eigenvalue weighted by Gasteiger charge is 2.14. The van der Waals surface area contributed by atoms with E-state index in [0.717, 1.165) is 5.56 Å². The van der Waals surface area contributed by atoms with Gasteiger partial charge in [0.2, 0.25) is 0 Å². The zero-order valence-electron chi connectivity index (χ0n) is 22.3. The molecule has 1 atom stereocenters. The number of phenolic OH excluding ortho intramolecular Hbond substituents is 1. The molecule has 0 aliphatic rings. The van der Waals surface area contributed by atoms with Crippen molar-refractivity contribution in [3.63, 3.8) is 0 Å². The number of urea groups is 1. The van der Waals surface area contributed by atoms with Gasteiger partial charge in [-0.1, -0.05) is 12.1 Å². The van der Waals surface area contributed by atoms with Crippen molar-refractivity contribution in [1.82, 2.24) is 10.6 Å². The smallest absolute Gasteiger partial charge is 0.319 e. The molecule has 6 N–H and O–H groups in total. The van der Waals surface area contributed by atoms with E-state index in [0.29, 0.717) is 56.2 Å². The van der Waals surface area contributed by atoms with E-state index < -0.39 is 16.1 Å². The molecule has 0 heterocycles. The number of phenols is 1. The Balaban J connectivity index is 1.38. The molecule has 0 bridgehead atoms. The quantitative estimate of drug-likeness (QED) is 0.143. The fourth-order valence-electron chi connectivity index (χ4n) is 3.56. The second-order valence-electron chi connectivity index (χ2n) is 8.97. The number of anilines is 2. The molecule has 0 fully saturated rings. The van der Waals surface area contributed by atoms with E-state index in [-0.39, 0.29) is 23.3 Å². The van der Waals surface area contributed by atoms with Crippen LogP contribution in [-0.2, 0) is 21.2 Å². The first-order chi connectivity index (χ1) is 19.2. The Morgan fingerprint density at radius 1 is 0.925 bits per heavy atom. The van der Waals surface area contributed by atoms with E-state index >= 15 is 0 Å². The van der Waals surface area contributed by atoms with E-state index in [1.165, 1.54) is 36.4 Å². The monoisotopic (exact) mass is 572 g/mol. The predicted molar refractivity (Wildman–Crippen MR) is 153 cm³/mol. The number of aliphatic hydroxyl groups excluding tert-OH is 1. The van der Waals surface area contributed by atoms with Crippen LogP contribution in [0.15, 0.2) is 77.7 Å². The summed E-state index contributed by atoms with van der Waals surface area (Å²) in [6.07, 6.45) is 0.681. The van der Waals surface area contributed by atoms with Gasteiger partial charge in [-0.05, 0) is 85.6 Å². The van der Waals surface area contributed by atoms with Gasteiger partial charge in [0.15, 0.2) is 0 Å². The maximum absolute atomic E-state index is 12.8. The number of nitrogens with one attached hydrogen (secondary N) is 4. The lowest BCUT2D eigenvalue weighted by atomic mass is 10.1. The molecule has 216 valence electrons. The molecule has 3 rings (SSSR count). The average Bonchev–Trinajstić information content (AvgIpc) is 2.94. The molecule has 0 aliphatic carbocycles. The summed E-state index contributed by atoms with van der Waals surface area (Å²) >= 11 is 0. The highest BCUT2D eigenvalue weighted by atomic mass is 32.2. The number of ether oxygens (including phenoxy) is 2. The molecule has 0 aliphatic heterocycles. The number of sulfonamides is 1. The summed E-state index contributed by atoms with van der Waals surface area (Å²) in [5.74, 6) is 0.715. The van der Waals surface area contributed by atoms with E-state index in [2.05, 4.69) is 20.7 Å². The van der Waals surface area contributed by atoms with Gasteiger partial charge in [0.25, 0.3) is 10.0 Å². The molecule has 0 saturated heterocycles. The minimum atomic E-state index is -3.81. The number of amides is 2. The minimum absolute atomic E-state index is 0.0692. The van der Waals surface area contributed by atoms with E-state index in [1.807, 2.05) is 12.1 Å². The number of hydrogen-bond donors (Lipinski definition) is 6. The summed E-state index contributed by atoms with van der Waals surface area (Å²) in [4.78, 5) is 12.0. The van der Waals surface area contributed by atoms with Crippen molar-refractivity contribution < 1.29 is 32.9 Å². The van der Waals surface area contributed by atoms with Crippen molar-refractivity contribution in [2.24, 2.45) is 0 Å². The Kier molecular flexibility index (Phi) is 12.0. The Hall–Kier alpha value is -3.84. The van der Waals surface area contributed by atoms with Crippen LogP contribution in [0.2, 0.25) is 0 Å². The minimum Gasteiger partial charge on any atom is -0.508 e. The average molecular weight is 573 g/mol. The standard InChI is InChI=1S/C28H36N4O7S/c1-38-18-2-16-30-28(35)31-22-7-13-27(14-8-22)40(36,37)32-23-5-3-21(4-6-23)15-17-29-19-25(34)20-39-26-11-9-24(33)10-12-26/h3-14,25,29,32-34H,2,15-20H2,1H3,(H2,30,31,35)/t25-/m0/s1. The van der Waals surface area contributed by atoms with Crippen LogP contribution >= 0.6 is 0 Å². The van der Waals surface area contributed by atoms with Crippen molar-refractivity contribution in [2.45, 2.75) is 23.8 Å². The largest absolute Gasteiger partial charge is 0.508 e. The van der Waals surface area contributed by atoms with Crippen molar-refractivity contribution >= 4 is 27.4 Å². The highest BCUT2D eigenvalue weighted by molar-refractivity contribution is 7.92. The van der Waals surface area contributed by atoms with Crippen molar-refractivity contribution in [2.75, 3.05) is 50.0 Å². The second-order valence-corrected chi connectivity index (χ2v) is 10.6. The van der Waals surface area contributed by atoms with Crippen LogP contribution in [0.5, 0.6) is 11.5 Å². The van der Waals surface area contributed by atoms with Gasteiger partial charge in [-0.2, -0.15) is 0 Å². The van der Waals surface area contributed by atoms with Gasteiger partial charge in [0, 0.05) is 38.2 Å². The fourth-order valence-corrected chi connectivity index (χ4v) is 4.62. The Labute approximate surface area is 234 Å². The van der Waals surface area contributed by atoms with Gasteiger partial charge in [0.05, 0.1) is 4.90 Å². The van der Waals surface area contributed by atoms with Crippen LogP contribution in [0.25, 0.3) is 0 Å². The number of aromatic hydroxyl groups is 1. The third kappa shape index (κ3) is 10.7. The van der Waals surface area contributed by atoms with E-state index in [1.54, 1.807) is 31.4 Å². The molecule has 12 heteroatoms. The summed E-state index contributed by atoms with van der Waals surface area (Å²) < 4.78 is 38.5. The number of carbonyl (C=O) groups is 1. The second kappa shape index (κ2) is 15.7. The van der Waals surface area contributed by atoms with Crippen LogP contribution < -0.4 is 25.4 Å². The van der Waals surface area contributed by atoms with Gasteiger partial charge in [-0.3, -0.25) is 4.72 Å². The highest BCUT2D eigenvalue weighted by Crippen LogP contribution is 2.19. The number of aliphatic hydroxyl groups is 1. The summed E-state index contributed by atoms with van der Waals surface area (Å²) in [5.41, 5.74) is 1.90. The van der Waals surface area contributed by atoms with Gasteiger partial charge >= 0.3 is 6.03 Å². The maximum Gasteiger partial charge on any atom is 0.319 e. The van der Waals surface area contributed by atoms with Crippen LogP contribution in [0.3, 0.4) is 0 Å². The van der Waals surface area contributed by atoms with Crippen LogP contribution in [0.4, 0.5) is 16.2 Å². The Morgan fingerprint density at radius 3 is 2.27 bits per heavy atom. The summed E-state index contributed by atoms with van der Waals surface area (Å²) in [6, 6.07) is 18.9. The summed E-state index contributed by atoms with van der Waals surface area (Å²) in [6.45, 7) is 2.10. The zero-order valence-corrected chi connectivity index (χ0v) is 23.1. The molecule has 40 heavy (non-hydrogen) atoms. The topological polar surface area (TPSA) is 158 Å². The molecule has 3 aromatic rings. The zero-order chi connectivity index (χ0) is 28.8. The normalized spacial score (nSPS) is 11.9. The third-order valence-electron chi connectivity index (χ3n) is 5.69. The number of benzene rings is 3. The van der Waals surface area contributed by atoms with Gasteiger partial charge in [0.1, 0.15) is 24.2 Å². The van der Waals surface area contributed by atoms with Gasteiger partial charge < -0.3 is 35.6 Å². The van der Waals surface area contributed by atoms with Gasteiger partial charge in [-0.15, -0.1) is 0 Å². The summed E-state index contributed by atoms with van der Waals surface area (Å²) in [7, 11) is -2.21. The molecule has 0 spiro atoms. The molecule has 0 saturated carbocycles. The molecule has 0 unspecified atom stereocenters. The maximum atomic E-state index is 12.8. The van der Waals surface area contributed by atoms with Crippen LogP contribution in [0.1, 0.15) is 12.0 Å². The van der Waals surface area contributed by atoms with Gasteiger partial charge in [-0.25, -0.2) is 13.2 Å². The first-order valence-electron chi connectivity index (χ1n) is 12.8. The predicted octanol–water partition coefficient (Wildman–Crippen LogP) is 2.92. The van der Waals surface area contributed by atoms with Crippen LogP contribution in [0, 0.1) is 0 Å². The molecule has 2 amide bonds. The Bertz CT molecular complexity index is 1290. The lowest BCUT2D eigenvalue weighted by Crippen LogP contribution is -2.32. The summed E-state index contributed by atoms with van der Waals surface area (Å²) in [5, 5.41) is 27.9. The number of carbonyl (C=O) groups excluding carboxylic acids is 1. The van der Waals surface area contributed by atoms with E-state index in [4.69, 9.17) is 9.47 Å². The SMILES string of the molecule is COCCCNC(=O)Nc1ccc(S(=O)(=O)Nc2ccc(CCNC[C@H](O)COc3ccc(O)cc3)cc2)cc1. The Morgan fingerprint density at radius 2 is 1.60 bits per heavy atom. The molecule has 0 radical (unpaired) electrons. The fraction of sp³-hybridized carbons (Fsp3) is 0.321. The number of hydrogen-bond acceptors (Lipinski definition) is 8. The molecule has 0 aromatic heterocycles. The molecular formula is C28H36N4O7S. The van der Waals surface area contributed by atoms with Crippen LogP contribution in [-0.4, -0.2) is 70.7 Å². The number of rotatable bonds is 16. The molecular weight excluding hydrogens is 536 g/mol.